The molecule has 202 valence electrons. The Morgan fingerprint density at radius 3 is 2.70 bits per heavy atom. The van der Waals surface area contributed by atoms with Gasteiger partial charge in [-0.15, -0.1) is 0 Å². The van der Waals surface area contributed by atoms with Crippen LogP contribution in [0.1, 0.15) is 52.0 Å². The van der Waals surface area contributed by atoms with E-state index in [4.69, 9.17) is 14.5 Å². The van der Waals surface area contributed by atoms with Crippen LogP contribution in [0.3, 0.4) is 0 Å². The van der Waals surface area contributed by atoms with Crippen molar-refractivity contribution in [3.8, 4) is 11.5 Å². The lowest BCUT2D eigenvalue weighted by molar-refractivity contribution is 0.0600. The molecule has 6 rings (SSSR count). The number of ether oxygens (including phenoxy) is 2. The number of halogens is 1. The third-order valence-corrected chi connectivity index (χ3v) is 8.97. The molecule has 3 aromatic carbocycles. The van der Waals surface area contributed by atoms with Gasteiger partial charge in [-0.2, -0.15) is 0 Å². The number of thiazole rings is 1. The summed E-state index contributed by atoms with van der Waals surface area (Å²) in [6.07, 6.45) is 3.46. The van der Waals surface area contributed by atoms with Gasteiger partial charge in [0.1, 0.15) is 0 Å². The number of aromatic hydroxyl groups is 1. The van der Waals surface area contributed by atoms with Gasteiger partial charge in [0.2, 0.25) is 0 Å². The van der Waals surface area contributed by atoms with E-state index in [1.165, 1.54) is 24.0 Å². The molecule has 40 heavy (non-hydrogen) atoms. The second-order valence-corrected chi connectivity index (χ2v) is 11.7. The van der Waals surface area contributed by atoms with Crippen LogP contribution >= 0.6 is 33.9 Å². The molecule has 0 spiro atoms. The first-order valence-corrected chi connectivity index (χ1v) is 14.8. The molecule has 1 atom stereocenters. The zero-order chi connectivity index (χ0) is 28.0. The number of phenolic OH excluding ortho intramolecular Hbond substituents is 1. The number of aryl methyl sites for hydroxylation is 1. The lowest BCUT2D eigenvalue weighted by atomic mass is 9.83. The van der Waals surface area contributed by atoms with E-state index in [0.29, 0.717) is 30.8 Å². The molecule has 1 aliphatic heterocycles. The van der Waals surface area contributed by atoms with Gasteiger partial charge in [0.15, 0.2) is 16.3 Å². The lowest BCUT2D eigenvalue weighted by Gasteiger charge is -2.30. The minimum atomic E-state index is -0.406. The van der Waals surface area contributed by atoms with E-state index in [2.05, 4.69) is 34.7 Å². The van der Waals surface area contributed by atoms with Crippen LogP contribution in [0.5, 0.6) is 11.5 Å². The third kappa shape index (κ3) is 4.56. The van der Waals surface area contributed by atoms with Gasteiger partial charge in [-0.05, 0) is 95.0 Å². The van der Waals surface area contributed by atoms with Gasteiger partial charge in [0.25, 0.3) is 5.56 Å². The Labute approximate surface area is 247 Å². The van der Waals surface area contributed by atoms with Crippen molar-refractivity contribution in [2.24, 2.45) is 4.99 Å². The number of carbonyl (C=O) groups excluding carboxylic acids is 1. The number of hydrogen-bond donors (Lipinski definition) is 1. The fourth-order valence-corrected chi connectivity index (χ4v) is 6.96. The van der Waals surface area contributed by atoms with E-state index >= 15 is 0 Å². The third-order valence-electron chi connectivity index (χ3n) is 7.17. The molecule has 1 N–H and O–H groups in total. The average molecular weight is 665 g/mol. The average Bonchev–Trinajstić information content (AvgIpc) is 3.28. The Hall–Kier alpha value is -3.70. The summed E-state index contributed by atoms with van der Waals surface area (Å²) in [5.41, 5.74) is 6.30. The molecule has 7 nitrogen and oxygen atoms in total. The van der Waals surface area contributed by atoms with Crippen LogP contribution in [0.2, 0.25) is 0 Å². The number of rotatable bonds is 5. The Morgan fingerprint density at radius 1 is 1.18 bits per heavy atom. The van der Waals surface area contributed by atoms with E-state index in [1.807, 2.05) is 43.3 Å². The number of esters is 1. The summed E-state index contributed by atoms with van der Waals surface area (Å²) in [5, 5.41) is 10.4. The molecule has 2 aliphatic rings. The summed E-state index contributed by atoms with van der Waals surface area (Å²) in [4.78, 5) is 31.7. The molecular weight excluding hydrogens is 639 g/mol. The number of benzene rings is 3. The molecule has 4 aromatic rings. The zero-order valence-electron chi connectivity index (χ0n) is 21.8. The monoisotopic (exact) mass is 664 g/mol. The largest absolute Gasteiger partial charge is 0.504 e. The summed E-state index contributed by atoms with van der Waals surface area (Å²) >= 11 is 3.40. The van der Waals surface area contributed by atoms with Crippen LogP contribution in [-0.2, 0) is 11.2 Å². The maximum Gasteiger partial charge on any atom is 0.337 e. The lowest BCUT2D eigenvalue weighted by Crippen LogP contribution is -2.38. The van der Waals surface area contributed by atoms with Gasteiger partial charge in [-0.3, -0.25) is 9.36 Å². The van der Waals surface area contributed by atoms with Gasteiger partial charge < -0.3 is 14.6 Å². The second-order valence-electron chi connectivity index (χ2n) is 9.51. The number of aromatic nitrogens is 1. The number of nitrogens with zero attached hydrogens (tertiary/aromatic N) is 2. The predicted molar refractivity (Wildman–Crippen MR) is 163 cm³/mol. The van der Waals surface area contributed by atoms with Gasteiger partial charge >= 0.3 is 5.97 Å². The normalized spacial score (nSPS) is 16.1. The van der Waals surface area contributed by atoms with Crippen LogP contribution in [0, 0.1) is 3.57 Å². The Balaban J connectivity index is 1.56. The molecule has 0 amide bonds. The van der Waals surface area contributed by atoms with Crippen molar-refractivity contribution in [1.29, 1.82) is 0 Å². The van der Waals surface area contributed by atoms with Gasteiger partial charge in [0.05, 0.1) is 39.1 Å². The first-order chi connectivity index (χ1) is 19.4. The second kappa shape index (κ2) is 10.7. The molecule has 0 saturated heterocycles. The summed E-state index contributed by atoms with van der Waals surface area (Å²) in [6.45, 7) is 2.27. The maximum absolute atomic E-state index is 14.0. The van der Waals surface area contributed by atoms with Crippen LogP contribution < -0.4 is 19.6 Å². The molecule has 0 saturated carbocycles. The smallest absolute Gasteiger partial charge is 0.337 e. The van der Waals surface area contributed by atoms with Crippen molar-refractivity contribution < 1.29 is 19.4 Å². The standard InChI is InChI=1S/C31H25IN2O5S/c1-3-39-24-15-17(14-23(32)28(24)35)16-25-29(36)34-27(19-8-10-20(11-9-19)30(37)38-2)22-13-12-18-6-4-5-7-21(18)26(22)33-31(34)40-25/h4-11,14-16,27,35H,3,12-13H2,1-2H3/b25-16+/t27-/m1/s1. The first-order valence-electron chi connectivity index (χ1n) is 12.9. The highest BCUT2D eigenvalue weighted by molar-refractivity contribution is 14.1. The quantitative estimate of drug-likeness (QED) is 0.245. The number of carbonyl (C=O) groups is 1. The van der Waals surface area contributed by atoms with Gasteiger partial charge in [0, 0.05) is 5.56 Å². The summed E-state index contributed by atoms with van der Waals surface area (Å²) in [5.74, 6) is 0.0591. The number of fused-ring (bicyclic) bond motifs is 3. The minimum Gasteiger partial charge on any atom is -0.504 e. The molecule has 0 bridgehead atoms. The molecular formula is C31H25IN2O5S. The van der Waals surface area contributed by atoms with Crippen molar-refractivity contribution in [3.63, 3.8) is 0 Å². The Kier molecular flexibility index (Phi) is 7.09. The van der Waals surface area contributed by atoms with E-state index in [9.17, 15) is 14.7 Å². The number of phenols is 1. The molecule has 0 fully saturated rings. The fraction of sp³-hybridized carbons (Fsp3) is 0.194. The number of methoxy groups -OCH3 is 1. The molecule has 9 heteroatoms. The molecule has 0 radical (unpaired) electrons. The highest BCUT2D eigenvalue weighted by atomic mass is 127. The highest BCUT2D eigenvalue weighted by Gasteiger charge is 2.32. The van der Waals surface area contributed by atoms with Crippen molar-refractivity contribution in [1.82, 2.24) is 4.57 Å². The molecule has 1 aliphatic carbocycles. The zero-order valence-corrected chi connectivity index (χ0v) is 24.8. The van der Waals surface area contributed by atoms with Crippen LogP contribution in [0.25, 0.3) is 11.8 Å². The highest BCUT2D eigenvalue weighted by Crippen LogP contribution is 2.41. The van der Waals surface area contributed by atoms with Gasteiger partial charge in [-0.1, -0.05) is 47.7 Å². The number of hydrogen-bond acceptors (Lipinski definition) is 7. The summed E-state index contributed by atoms with van der Waals surface area (Å²) in [6, 6.07) is 18.7. The Morgan fingerprint density at radius 2 is 1.95 bits per heavy atom. The van der Waals surface area contributed by atoms with Crippen molar-refractivity contribution in [2.75, 3.05) is 13.7 Å². The van der Waals surface area contributed by atoms with Crippen LogP contribution in [0.15, 0.2) is 76.0 Å². The van der Waals surface area contributed by atoms with E-state index in [0.717, 1.165) is 40.8 Å². The Bertz CT molecular complexity index is 1870. The predicted octanol–water partition coefficient (Wildman–Crippen LogP) is 4.81. The molecule has 0 unspecified atom stereocenters. The van der Waals surface area contributed by atoms with Crippen LogP contribution in [-0.4, -0.2) is 29.4 Å². The van der Waals surface area contributed by atoms with Crippen LogP contribution in [0.4, 0.5) is 0 Å². The topological polar surface area (TPSA) is 90.1 Å². The van der Waals surface area contributed by atoms with Gasteiger partial charge in [-0.25, -0.2) is 9.79 Å². The minimum absolute atomic E-state index is 0.0859. The van der Waals surface area contributed by atoms with E-state index < -0.39 is 5.97 Å². The fourth-order valence-electron chi connectivity index (χ4n) is 5.34. The maximum atomic E-state index is 14.0. The van der Waals surface area contributed by atoms with E-state index in [1.54, 1.807) is 22.8 Å². The summed E-state index contributed by atoms with van der Waals surface area (Å²) < 4.78 is 13.4. The van der Waals surface area contributed by atoms with E-state index in [-0.39, 0.29) is 17.4 Å². The summed E-state index contributed by atoms with van der Waals surface area (Å²) in [7, 11) is 1.36. The first kappa shape index (κ1) is 26.5. The molecule has 1 aromatic heterocycles. The van der Waals surface area contributed by atoms with Crippen molar-refractivity contribution >= 4 is 51.7 Å². The SMILES string of the molecule is CCOc1cc(/C=c2/sc3n(c2=O)[C@H](c2ccc(C(=O)OC)cc2)C2=C(N=3)c3ccccc3CC2)cc(I)c1O. The molecule has 2 heterocycles. The van der Waals surface area contributed by atoms with Crippen molar-refractivity contribution in [2.45, 2.75) is 25.8 Å². The van der Waals surface area contributed by atoms with Crippen molar-refractivity contribution in [3.05, 3.63) is 117 Å². The number of allylic oxidation sites excluding steroid dienone is 1.